The molecule has 0 aliphatic heterocycles. The number of amides is 1. The van der Waals surface area contributed by atoms with Crippen molar-refractivity contribution in [3.8, 4) is 5.75 Å². The van der Waals surface area contributed by atoms with Crippen LogP contribution in [-0.4, -0.2) is 38.1 Å². The predicted octanol–water partition coefficient (Wildman–Crippen LogP) is 1.96. The molecule has 1 aliphatic rings. The zero-order chi connectivity index (χ0) is 16.7. The van der Waals surface area contributed by atoms with E-state index in [1.54, 1.807) is 7.11 Å². The molecule has 0 radical (unpaired) electrons. The molecule has 1 saturated carbocycles. The Morgan fingerprint density at radius 1 is 1.33 bits per heavy atom. The highest BCUT2D eigenvalue weighted by molar-refractivity contribution is 14.0. The monoisotopic (exact) mass is 446 g/mol. The third kappa shape index (κ3) is 6.94. The molecular formula is C17H27IN4O2. The van der Waals surface area contributed by atoms with Gasteiger partial charge in [0.05, 0.1) is 20.2 Å². The number of hydrogen-bond donors (Lipinski definition) is 3. The highest BCUT2D eigenvalue weighted by atomic mass is 127. The maximum atomic E-state index is 11.7. The van der Waals surface area contributed by atoms with Crippen LogP contribution in [0, 0.1) is 6.92 Å². The van der Waals surface area contributed by atoms with Crippen LogP contribution in [-0.2, 0) is 11.3 Å². The summed E-state index contributed by atoms with van der Waals surface area (Å²) in [6.07, 6.45) is 2.18. The fourth-order valence-electron chi connectivity index (χ4n) is 2.16. The summed E-state index contributed by atoms with van der Waals surface area (Å²) in [4.78, 5) is 16.3. The van der Waals surface area contributed by atoms with Crippen molar-refractivity contribution in [2.24, 2.45) is 4.99 Å². The SMILES string of the molecule is CCNC(=NCc1ccc(C)cc1OC)NCC(=O)NC1CC1.I. The van der Waals surface area contributed by atoms with Gasteiger partial charge in [0.1, 0.15) is 5.75 Å². The number of methoxy groups -OCH3 is 1. The third-order valence-corrected chi connectivity index (χ3v) is 3.55. The fraction of sp³-hybridized carbons (Fsp3) is 0.529. The zero-order valence-corrected chi connectivity index (χ0v) is 16.8. The molecule has 7 heteroatoms. The molecule has 0 bridgehead atoms. The molecule has 3 N–H and O–H groups in total. The summed E-state index contributed by atoms with van der Waals surface area (Å²) in [5.41, 5.74) is 2.16. The van der Waals surface area contributed by atoms with Crippen LogP contribution in [0.1, 0.15) is 30.9 Å². The van der Waals surface area contributed by atoms with E-state index in [0.717, 1.165) is 36.3 Å². The quantitative estimate of drug-likeness (QED) is 0.340. The number of benzene rings is 1. The summed E-state index contributed by atoms with van der Waals surface area (Å²) in [5.74, 6) is 1.46. The van der Waals surface area contributed by atoms with Crippen LogP contribution < -0.4 is 20.7 Å². The Balaban J connectivity index is 0.00000288. The number of hydrogen-bond acceptors (Lipinski definition) is 3. The van der Waals surface area contributed by atoms with Crippen LogP contribution in [0.5, 0.6) is 5.75 Å². The number of carbonyl (C=O) groups excluding carboxylic acids is 1. The normalized spacial score (nSPS) is 13.7. The van der Waals surface area contributed by atoms with Gasteiger partial charge in [-0.3, -0.25) is 4.79 Å². The van der Waals surface area contributed by atoms with Gasteiger partial charge < -0.3 is 20.7 Å². The molecule has 0 unspecified atom stereocenters. The largest absolute Gasteiger partial charge is 0.496 e. The van der Waals surface area contributed by atoms with E-state index >= 15 is 0 Å². The van der Waals surface area contributed by atoms with E-state index in [0.29, 0.717) is 18.5 Å². The van der Waals surface area contributed by atoms with Gasteiger partial charge in [-0.25, -0.2) is 4.99 Å². The van der Waals surface area contributed by atoms with E-state index < -0.39 is 0 Å². The summed E-state index contributed by atoms with van der Waals surface area (Å²) in [6.45, 7) is 5.48. The van der Waals surface area contributed by atoms with Gasteiger partial charge in [-0.2, -0.15) is 0 Å². The first-order valence-corrected chi connectivity index (χ1v) is 8.07. The number of ether oxygens (including phenoxy) is 1. The first-order valence-electron chi connectivity index (χ1n) is 8.07. The second-order valence-electron chi connectivity index (χ2n) is 5.71. The van der Waals surface area contributed by atoms with Crippen LogP contribution in [0.4, 0.5) is 0 Å². The minimum absolute atomic E-state index is 0. The second kappa shape index (κ2) is 10.4. The van der Waals surface area contributed by atoms with Crippen molar-refractivity contribution in [3.05, 3.63) is 29.3 Å². The van der Waals surface area contributed by atoms with Gasteiger partial charge in [-0.15, -0.1) is 24.0 Å². The van der Waals surface area contributed by atoms with Crippen LogP contribution in [0.25, 0.3) is 0 Å². The summed E-state index contributed by atoms with van der Waals surface area (Å²) in [7, 11) is 1.66. The summed E-state index contributed by atoms with van der Waals surface area (Å²) >= 11 is 0. The van der Waals surface area contributed by atoms with Gasteiger partial charge in [0.25, 0.3) is 0 Å². The average molecular weight is 446 g/mol. The molecule has 0 atom stereocenters. The lowest BCUT2D eigenvalue weighted by Gasteiger charge is -2.12. The number of carbonyl (C=O) groups is 1. The molecule has 1 amide bonds. The van der Waals surface area contributed by atoms with Crippen molar-refractivity contribution in [3.63, 3.8) is 0 Å². The molecule has 6 nitrogen and oxygen atoms in total. The molecule has 24 heavy (non-hydrogen) atoms. The van der Waals surface area contributed by atoms with Gasteiger partial charge in [0.2, 0.25) is 5.91 Å². The Kier molecular flexibility index (Phi) is 8.88. The maximum absolute atomic E-state index is 11.7. The van der Waals surface area contributed by atoms with Crippen molar-refractivity contribution in [1.29, 1.82) is 0 Å². The van der Waals surface area contributed by atoms with E-state index in [1.165, 1.54) is 0 Å². The molecule has 0 aromatic heterocycles. The molecule has 1 aliphatic carbocycles. The van der Waals surface area contributed by atoms with E-state index in [2.05, 4.69) is 20.9 Å². The van der Waals surface area contributed by atoms with Gasteiger partial charge in [0, 0.05) is 18.2 Å². The highest BCUT2D eigenvalue weighted by Gasteiger charge is 2.22. The van der Waals surface area contributed by atoms with E-state index in [-0.39, 0.29) is 36.4 Å². The molecule has 0 saturated heterocycles. The lowest BCUT2D eigenvalue weighted by Crippen LogP contribution is -2.43. The minimum atomic E-state index is 0. The van der Waals surface area contributed by atoms with E-state index in [9.17, 15) is 4.79 Å². The van der Waals surface area contributed by atoms with Crippen LogP contribution in [0.2, 0.25) is 0 Å². The van der Waals surface area contributed by atoms with Crippen molar-refractivity contribution in [1.82, 2.24) is 16.0 Å². The maximum Gasteiger partial charge on any atom is 0.239 e. The number of nitrogens with one attached hydrogen (secondary N) is 3. The number of guanidine groups is 1. The molecule has 0 spiro atoms. The topological polar surface area (TPSA) is 74.8 Å². The van der Waals surface area contributed by atoms with Crippen molar-refractivity contribution in [2.75, 3.05) is 20.2 Å². The van der Waals surface area contributed by atoms with E-state index in [4.69, 9.17) is 4.74 Å². The minimum Gasteiger partial charge on any atom is -0.496 e. The zero-order valence-electron chi connectivity index (χ0n) is 14.5. The predicted molar refractivity (Wildman–Crippen MR) is 107 cm³/mol. The van der Waals surface area contributed by atoms with Crippen molar-refractivity contribution < 1.29 is 9.53 Å². The standard InChI is InChI=1S/C17H26N4O2.HI/c1-4-18-17(20-11-16(22)21-14-7-8-14)19-10-13-6-5-12(2)9-15(13)23-3;/h5-6,9,14H,4,7-8,10-11H2,1-3H3,(H,21,22)(H2,18,19,20);1H. The average Bonchev–Trinajstić information content (AvgIpc) is 3.34. The lowest BCUT2D eigenvalue weighted by molar-refractivity contribution is -0.120. The van der Waals surface area contributed by atoms with Crippen LogP contribution >= 0.6 is 24.0 Å². The Morgan fingerprint density at radius 3 is 2.71 bits per heavy atom. The van der Waals surface area contributed by atoms with Crippen molar-refractivity contribution >= 4 is 35.8 Å². The molecule has 134 valence electrons. The number of aliphatic imine (C=N–C) groups is 1. The molecular weight excluding hydrogens is 419 g/mol. The molecule has 1 aromatic rings. The fourth-order valence-corrected chi connectivity index (χ4v) is 2.16. The summed E-state index contributed by atoms with van der Waals surface area (Å²) < 4.78 is 5.39. The number of aryl methyl sites for hydroxylation is 1. The Bertz CT molecular complexity index is 574. The van der Waals surface area contributed by atoms with Crippen LogP contribution in [0.3, 0.4) is 0 Å². The number of halogens is 1. The molecule has 1 aromatic carbocycles. The van der Waals surface area contributed by atoms with Crippen LogP contribution in [0.15, 0.2) is 23.2 Å². The molecule has 1 fully saturated rings. The Morgan fingerprint density at radius 2 is 2.08 bits per heavy atom. The third-order valence-electron chi connectivity index (χ3n) is 3.55. The van der Waals surface area contributed by atoms with Gasteiger partial charge in [-0.05, 0) is 38.3 Å². The lowest BCUT2D eigenvalue weighted by atomic mass is 10.1. The van der Waals surface area contributed by atoms with Gasteiger partial charge in [-0.1, -0.05) is 12.1 Å². The van der Waals surface area contributed by atoms with Gasteiger partial charge >= 0.3 is 0 Å². The van der Waals surface area contributed by atoms with Gasteiger partial charge in [0.15, 0.2) is 5.96 Å². The first kappa shape index (κ1) is 20.5. The number of rotatable bonds is 7. The molecule has 0 heterocycles. The smallest absolute Gasteiger partial charge is 0.239 e. The first-order chi connectivity index (χ1) is 11.1. The second-order valence-corrected chi connectivity index (χ2v) is 5.71. The highest BCUT2D eigenvalue weighted by Crippen LogP contribution is 2.20. The summed E-state index contributed by atoms with van der Waals surface area (Å²) in [6, 6.07) is 6.42. The van der Waals surface area contributed by atoms with E-state index in [1.807, 2.05) is 32.0 Å². The molecule has 2 rings (SSSR count). The Hall–Kier alpha value is -1.51. The number of nitrogens with zero attached hydrogens (tertiary/aromatic N) is 1. The summed E-state index contributed by atoms with van der Waals surface area (Å²) in [5, 5.41) is 9.15. The van der Waals surface area contributed by atoms with Crippen molar-refractivity contribution in [2.45, 2.75) is 39.3 Å². The Labute approximate surface area is 160 Å².